The van der Waals surface area contributed by atoms with Crippen LogP contribution >= 0.6 is 0 Å². The largest absolute Gasteiger partial charge is 0.381 e. The molecule has 1 heterocycles. The second kappa shape index (κ2) is 6.98. The van der Waals surface area contributed by atoms with Crippen molar-refractivity contribution in [3.05, 3.63) is 0 Å². The highest BCUT2D eigenvalue weighted by Crippen LogP contribution is 2.18. The molecule has 0 aromatic heterocycles. The van der Waals surface area contributed by atoms with Crippen LogP contribution in [-0.2, 0) is 4.74 Å². The molecular weight excluding hydrogens is 228 g/mol. The van der Waals surface area contributed by atoms with E-state index in [1.807, 2.05) is 11.9 Å². The zero-order valence-corrected chi connectivity index (χ0v) is 11.5. The zero-order chi connectivity index (χ0) is 12.8. The molecule has 4 heteroatoms. The zero-order valence-electron chi connectivity index (χ0n) is 11.5. The van der Waals surface area contributed by atoms with E-state index in [2.05, 4.69) is 5.32 Å². The number of hydrogen-bond donors (Lipinski definition) is 1. The van der Waals surface area contributed by atoms with Crippen LogP contribution in [0.4, 0.5) is 4.79 Å². The van der Waals surface area contributed by atoms with E-state index in [4.69, 9.17) is 4.74 Å². The van der Waals surface area contributed by atoms with Crippen LogP contribution in [0, 0.1) is 5.92 Å². The molecule has 2 rings (SSSR count). The van der Waals surface area contributed by atoms with Gasteiger partial charge in [-0.15, -0.1) is 0 Å². The van der Waals surface area contributed by atoms with Gasteiger partial charge in [-0.3, -0.25) is 0 Å². The van der Waals surface area contributed by atoms with Crippen LogP contribution in [0.1, 0.15) is 44.9 Å². The predicted molar refractivity (Wildman–Crippen MR) is 71.6 cm³/mol. The van der Waals surface area contributed by atoms with E-state index < -0.39 is 0 Å². The molecule has 1 atom stereocenters. The van der Waals surface area contributed by atoms with Crippen LogP contribution in [0.25, 0.3) is 0 Å². The van der Waals surface area contributed by atoms with E-state index in [0.29, 0.717) is 12.0 Å². The molecule has 2 fully saturated rings. The van der Waals surface area contributed by atoms with E-state index in [0.717, 1.165) is 39.0 Å². The first-order valence-electron chi connectivity index (χ1n) is 7.35. The van der Waals surface area contributed by atoms with Crippen molar-refractivity contribution in [3.63, 3.8) is 0 Å². The van der Waals surface area contributed by atoms with Gasteiger partial charge in [0.05, 0.1) is 6.61 Å². The third-order valence-corrected chi connectivity index (χ3v) is 4.07. The molecule has 104 valence electrons. The normalized spacial score (nSPS) is 25.7. The summed E-state index contributed by atoms with van der Waals surface area (Å²) in [6, 6.07) is 0.490. The van der Waals surface area contributed by atoms with Crippen molar-refractivity contribution >= 4 is 6.03 Å². The first-order chi connectivity index (χ1) is 8.75. The summed E-state index contributed by atoms with van der Waals surface area (Å²) < 4.78 is 5.45. The van der Waals surface area contributed by atoms with E-state index in [9.17, 15) is 4.79 Å². The van der Waals surface area contributed by atoms with Gasteiger partial charge in [-0.05, 0) is 25.7 Å². The smallest absolute Gasteiger partial charge is 0.317 e. The molecule has 0 spiro atoms. The molecule has 0 aromatic rings. The monoisotopic (exact) mass is 254 g/mol. The first kappa shape index (κ1) is 13.7. The van der Waals surface area contributed by atoms with Gasteiger partial charge in [0.15, 0.2) is 0 Å². The Morgan fingerprint density at radius 3 is 2.67 bits per heavy atom. The summed E-state index contributed by atoms with van der Waals surface area (Å²) in [6.07, 6.45) is 8.43. The number of ether oxygens (including phenoxy) is 1. The molecule has 0 aromatic carbocycles. The van der Waals surface area contributed by atoms with E-state index in [1.54, 1.807) is 0 Å². The highest BCUT2D eigenvalue weighted by Gasteiger charge is 2.21. The molecule has 2 aliphatic rings. The van der Waals surface area contributed by atoms with Crippen molar-refractivity contribution in [3.8, 4) is 0 Å². The average Bonchev–Trinajstić information content (AvgIpc) is 2.41. The molecule has 1 N–H and O–H groups in total. The number of hydrogen-bond acceptors (Lipinski definition) is 2. The summed E-state index contributed by atoms with van der Waals surface area (Å²) in [5.74, 6) is 0.515. The Balaban J connectivity index is 1.69. The van der Waals surface area contributed by atoms with Crippen molar-refractivity contribution in [2.75, 3.05) is 26.8 Å². The topological polar surface area (TPSA) is 41.6 Å². The lowest BCUT2D eigenvalue weighted by atomic mass is 9.96. The Hall–Kier alpha value is -0.770. The lowest BCUT2D eigenvalue weighted by molar-refractivity contribution is 0.0455. The van der Waals surface area contributed by atoms with Gasteiger partial charge in [0.25, 0.3) is 0 Å². The number of carbonyl (C=O) groups excluding carboxylic acids is 1. The van der Waals surface area contributed by atoms with Gasteiger partial charge < -0.3 is 15.0 Å². The summed E-state index contributed by atoms with van der Waals surface area (Å²) >= 11 is 0. The van der Waals surface area contributed by atoms with Crippen molar-refractivity contribution in [2.45, 2.75) is 51.0 Å². The number of urea groups is 1. The fourth-order valence-electron chi connectivity index (χ4n) is 2.95. The molecule has 4 nitrogen and oxygen atoms in total. The molecule has 2 amide bonds. The Labute approximate surface area is 110 Å². The Morgan fingerprint density at radius 1 is 1.22 bits per heavy atom. The fourth-order valence-corrected chi connectivity index (χ4v) is 2.95. The molecule has 0 bridgehead atoms. The van der Waals surface area contributed by atoms with Gasteiger partial charge in [0.2, 0.25) is 0 Å². The van der Waals surface area contributed by atoms with Crippen LogP contribution < -0.4 is 5.32 Å². The van der Waals surface area contributed by atoms with Gasteiger partial charge in [-0.2, -0.15) is 0 Å². The van der Waals surface area contributed by atoms with Gasteiger partial charge in [-0.1, -0.05) is 19.3 Å². The van der Waals surface area contributed by atoms with E-state index in [-0.39, 0.29) is 6.03 Å². The Bertz CT molecular complexity index is 259. The molecule has 1 saturated carbocycles. The van der Waals surface area contributed by atoms with Crippen LogP contribution in [0.3, 0.4) is 0 Å². The molecule has 18 heavy (non-hydrogen) atoms. The summed E-state index contributed by atoms with van der Waals surface area (Å²) in [5.41, 5.74) is 0. The third-order valence-electron chi connectivity index (χ3n) is 4.07. The second-order valence-electron chi connectivity index (χ2n) is 5.75. The van der Waals surface area contributed by atoms with Gasteiger partial charge in [0.1, 0.15) is 0 Å². The SMILES string of the molecule is CN(CC1CCCOC1)C(=O)NC1CCCCC1. The minimum atomic E-state index is 0.0903. The van der Waals surface area contributed by atoms with Crippen LogP contribution in [0.2, 0.25) is 0 Å². The number of rotatable bonds is 3. The summed E-state index contributed by atoms with van der Waals surface area (Å²) in [5, 5.41) is 3.15. The van der Waals surface area contributed by atoms with Crippen molar-refractivity contribution in [1.29, 1.82) is 0 Å². The molecule has 0 radical (unpaired) electrons. The molecule has 1 aliphatic carbocycles. The van der Waals surface area contributed by atoms with Crippen molar-refractivity contribution in [2.24, 2.45) is 5.92 Å². The third kappa shape index (κ3) is 4.16. The van der Waals surface area contributed by atoms with Gasteiger partial charge in [0, 0.05) is 32.2 Å². The van der Waals surface area contributed by atoms with E-state index in [1.165, 1.54) is 25.7 Å². The summed E-state index contributed by atoms with van der Waals surface area (Å²) in [6.45, 7) is 2.51. The first-order valence-corrected chi connectivity index (χ1v) is 7.35. The molecule has 1 aliphatic heterocycles. The maximum atomic E-state index is 12.1. The quantitative estimate of drug-likeness (QED) is 0.840. The second-order valence-corrected chi connectivity index (χ2v) is 5.75. The number of carbonyl (C=O) groups is 1. The number of amides is 2. The maximum absolute atomic E-state index is 12.1. The molecule has 1 saturated heterocycles. The molecular formula is C14H26N2O2. The van der Waals surface area contributed by atoms with Crippen molar-refractivity contribution in [1.82, 2.24) is 10.2 Å². The minimum Gasteiger partial charge on any atom is -0.381 e. The summed E-state index contributed by atoms with van der Waals surface area (Å²) in [7, 11) is 1.90. The minimum absolute atomic E-state index is 0.0903. The predicted octanol–water partition coefficient (Wildman–Crippen LogP) is 2.39. The Kier molecular flexibility index (Phi) is 5.29. The fraction of sp³-hybridized carbons (Fsp3) is 0.929. The van der Waals surface area contributed by atoms with Crippen molar-refractivity contribution < 1.29 is 9.53 Å². The van der Waals surface area contributed by atoms with Crippen LogP contribution in [0.5, 0.6) is 0 Å². The lowest BCUT2D eigenvalue weighted by Crippen LogP contribution is -2.46. The average molecular weight is 254 g/mol. The van der Waals surface area contributed by atoms with Gasteiger partial charge in [-0.25, -0.2) is 4.79 Å². The number of nitrogens with zero attached hydrogens (tertiary/aromatic N) is 1. The van der Waals surface area contributed by atoms with Crippen LogP contribution in [0.15, 0.2) is 0 Å². The number of nitrogens with one attached hydrogen (secondary N) is 1. The highest BCUT2D eigenvalue weighted by atomic mass is 16.5. The van der Waals surface area contributed by atoms with Gasteiger partial charge >= 0.3 is 6.03 Å². The lowest BCUT2D eigenvalue weighted by Gasteiger charge is -2.29. The maximum Gasteiger partial charge on any atom is 0.317 e. The summed E-state index contributed by atoms with van der Waals surface area (Å²) in [4.78, 5) is 13.9. The Morgan fingerprint density at radius 2 is 2.00 bits per heavy atom. The highest BCUT2D eigenvalue weighted by molar-refractivity contribution is 5.74. The standard InChI is InChI=1S/C14H26N2O2/c1-16(10-12-6-5-9-18-11-12)14(17)15-13-7-3-2-4-8-13/h12-13H,2-11H2,1H3,(H,15,17). The van der Waals surface area contributed by atoms with E-state index >= 15 is 0 Å². The van der Waals surface area contributed by atoms with Crippen LogP contribution in [-0.4, -0.2) is 43.8 Å². The molecule has 1 unspecified atom stereocenters.